The van der Waals surface area contributed by atoms with Crippen LogP contribution in [0.1, 0.15) is 38.1 Å². The zero-order chi connectivity index (χ0) is 13.4. The molecule has 0 bridgehead atoms. The number of hydrogen-bond acceptors (Lipinski definition) is 3. The van der Waals surface area contributed by atoms with Gasteiger partial charge in [-0.15, -0.1) is 0 Å². The van der Waals surface area contributed by atoms with Gasteiger partial charge >= 0.3 is 0 Å². The molecule has 102 valence electrons. The van der Waals surface area contributed by atoms with Gasteiger partial charge in [0.05, 0.1) is 5.69 Å². The molecule has 0 aliphatic carbocycles. The summed E-state index contributed by atoms with van der Waals surface area (Å²) in [6.45, 7) is 9.73. The number of pyridine rings is 1. The summed E-state index contributed by atoms with van der Waals surface area (Å²) in [5, 5.41) is 3.21. The van der Waals surface area contributed by atoms with E-state index in [9.17, 15) is 0 Å². The molecule has 1 aromatic rings. The van der Waals surface area contributed by atoms with Gasteiger partial charge in [0.1, 0.15) is 0 Å². The van der Waals surface area contributed by atoms with E-state index in [0.717, 1.165) is 25.3 Å². The van der Waals surface area contributed by atoms with Crippen molar-refractivity contribution in [1.82, 2.24) is 15.2 Å². The van der Waals surface area contributed by atoms with Crippen LogP contribution in [-0.2, 0) is 6.54 Å². The van der Waals surface area contributed by atoms with Crippen molar-refractivity contribution in [3.05, 3.63) is 29.6 Å². The van der Waals surface area contributed by atoms with E-state index in [0.29, 0.717) is 6.04 Å². The Kier molecular flexibility index (Phi) is 6.91. The molecule has 1 rings (SSSR count). The highest BCUT2D eigenvalue weighted by Crippen LogP contribution is 2.10. The van der Waals surface area contributed by atoms with Crippen LogP contribution in [0.15, 0.2) is 18.2 Å². The summed E-state index contributed by atoms with van der Waals surface area (Å²) in [4.78, 5) is 7.08. The van der Waals surface area contributed by atoms with Gasteiger partial charge in [0, 0.05) is 18.3 Å². The number of aryl methyl sites for hydroxylation is 1. The zero-order valence-electron chi connectivity index (χ0n) is 12.2. The first kappa shape index (κ1) is 15.1. The van der Waals surface area contributed by atoms with Crippen molar-refractivity contribution in [2.75, 3.05) is 20.1 Å². The monoisotopic (exact) mass is 249 g/mol. The zero-order valence-corrected chi connectivity index (χ0v) is 12.2. The summed E-state index contributed by atoms with van der Waals surface area (Å²) in [7, 11) is 2.01. The Morgan fingerprint density at radius 2 is 2.17 bits per heavy atom. The Morgan fingerprint density at radius 1 is 1.39 bits per heavy atom. The molecule has 0 spiro atoms. The van der Waals surface area contributed by atoms with E-state index in [4.69, 9.17) is 0 Å². The fourth-order valence-electron chi connectivity index (χ4n) is 2.23. The third-order valence-electron chi connectivity index (χ3n) is 3.39. The molecular formula is C15H27N3. The van der Waals surface area contributed by atoms with Crippen molar-refractivity contribution in [1.29, 1.82) is 0 Å². The van der Waals surface area contributed by atoms with Crippen molar-refractivity contribution >= 4 is 0 Å². The lowest BCUT2D eigenvalue weighted by molar-refractivity contribution is 0.196. The Bertz CT molecular complexity index is 338. The molecule has 0 aliphatic rings. The van der Waals surface area contributed by atoms with Gasteiger partial charge in [0.15, 0.2) is 0 Å². The second kappa shape index (κ2) is 8.22. The highest BCUT2D eigenvalue weighted by atomic mass is 15.1. The minimum atomic E-state index is 0.616. The first-order valence-corrected chi connectivity index (χ1v) is 6.98. The number of nitrogens with zero attached hydrogens (tertiary/aromatic N) is 2. The second-order valence-electron chi connectivity index (χ2n) is 4.93. The molecule has 0 aliphatic heterocycles. The molecule has 0 saturated carbocycles. The Labute approximate surface area is 112 Å². The summed E-state index contributed by atoms with van der Waals surface area (Å²) in [6, 6.07) is 6.88. The maximum atomic E-state index is 4.59. The van der Waals surface area contributed by atoms with Crippen LogP contribution in [0.5, 0.6) is 0 Å². The Morgan fingerprint density at radius 3 is 2.78 bits per heavy atom. The molecule has 18 heavy (non-hydrogen) atoms. The highest BCUT2D eigenvalue weighted by Gasteiger charge is 2.12. The standard InChI is InChI=1S/C15H27N3/c1-5-18(14(3)9-7-11-16-4)12-15-10-6-8-13(2)17-15/h6,8,10,14,16H,5,7,9,11-12H2,1-4H3. The van der Waals surface area contributed by atoms with Crippen LogP contribution in [-0.4, -0.2) is 36.1 Å². The van der Waals surface area contributed by atoms with Crippen molar-refractivity contribution in [3.8, 4) is 0 Å². The molecule has 1 N–H and O–H groups in total. The molecule has 0 saturated heterocycles. The first-order chi connectivity index (χ1) is 8.67. The summed E-state index contributed by atoms with van der Waals surface area (Å²) < 4.78 is 0. The lowest BCUT2D eigenvalue weighted by atomic mass is 10.1. The van der Waals surface area contributed by atoms with E-state index in [1.54, 1.807) is 0 Å². The molecular weight excluding hydrogens is 222 g/mol. The summed E-state index contributed by atoms with van der Waals surface area (Å²) in [6.07, 6.45) is 2.47. The van der Waals surface area contributed by atoms with Crippen molar-refractivity contribution < 1.29 is 0 Å². The second-order valence-corrected chi connectivity index (χ2v) is 4.93. The van der Waals surface area contributed by atoms with Gasteiger partial charge in [-0.2, -0.15) is 0 Å². The average Bonchev–Trinajstić information content (AvgIpc) is 2.36. The smallest absolute Gasteiger partial charge is 0.0547 e. The fourth-order valence-corrected chi connectivity index (χ4v) is 2.23. The van der Waals surface area contributed by atoms with E-state index >= 15 is 0 Å². The minimum Gasteiger partial charge on any atom is -0.320 e. The van der Waals surface area contributed by atoms with E-state index in [-0.39, 0.29) is 0 Å². The minimum absolute atomic E-state index is 0.616. The van der Waals surface area contributed by atoms with Crippen molar-refractivity contribution in [2.24, 2.45) is 0 Å². The number of rotatable bonds is 8. The van der Waals surface area contributed by atoms with Crippen molar-refractivity contribution in [3.63, 3.8) is 0 Å². The Hall–Kier alpha value is -0.930. The summed E-state index contributed by atoms with van der Waals surface area (Å²) >= 11 is 0. The number of hydrogen-bond donors (Lipinski definition) is 1. The first-order valence-electron chi connectivity index (χ1n) is 6.98. The largest absolute Gasteiger partial charge is 0.320 e. The number of aromatic nitrogens is 1. The molecule has 0 amide bonds. The molecule has 0 fully saturated rings. The molecule has 0 aromatic carbocycles. The maximum Gasteiger partial charge on any atom is 0.0547 e. The summed E-state index contributed by atoms with van der Waals surface area (Å²) in [5.74, 6) is 0. The predicted octanol–water partition coefficient (Wildman–Crippen LogP) is 2.60. The van der Waals surface area contributed by atoms with E-state index < -0.39 is 0 Å². The van der Waals surface area contributed by atoms with Crippen LogP contribution >= 0.6 is 0 Å². The van der Waals surface area contributed by atoms with E-state index in [1.807, 2.05) is 7.05 Å². The molecule has 1 heterocycles. The molecule has 1 unspecified atom stereocenters. The maximum absolute atomic E-state index is 4.59. The number of nitrogens with one attached hydrogen (secondary N) is 1. The van der Waals surface area contributed by atoms with Crippen LogP contribution in [0.25, 0.3) is 0 Å². The lowest BCUT2D eigenvalue weighted by Gasteiger charge is -2.27. The fraction of sp³-hybridized carbons (Fsp3) is 0.667. The van der Waals surface area contributed by atoms with E-state index in [2.05, 4.69) is 54.2 Å². The molecule has 1 aromatic heterocycles. The quantitative estimate of drug-likeness (QED) is 0.718. The average molecular weight is 249 g/mol. The third-order valence-corrected chi connectivity index (χ3v) is 3.39. The van der Waals surface area contributed by atoms with E-state index in [1.165, 1.54) is 18.5 Å². The predicted molar refractivity (Wildman–Crippen MR) is 77.7 cm³/mol. The van der Waals surface area contributed by atoms with Crippen molar-refractivity contribution in [2.45, 2.75) is 46.2 Å². The molecule has 1 atom stereocenters. The molecule has 0 radical (unpaired) electrons. The van der Waals surface area contributed by atoms with Gasteiger partial charge in [-0.05, 0) is 59.0 Å². The SMILES string of the molecule is CCN(Cc1cccc(C)n1)C(C)CCCNC. The van der Waals surface area contributed by atoms with Crippen LogP contribution in [0.3, 0.4) is 0 Å². The molecule has 3 nitrogen and oxygen atoms in total. The van der Waals surface area contributed by atoms with Crippen LogP contribution < -0.4 is 5.32 Å². The van der Waals surface area contributed by atoms with Crippen LogP contribution in [0, 0.1) is 6.92 Å². The molecule has 3 heteroatoms. The van der Waals surface area contributed by atoms with Gasteiger partial charge in [0.2, 0.25) is 0 Å². The van der Waals surface area contributed by atoms with Crippen LogP contribution in [0.2, 0.25) is 0 Å². The van der Waals surface area contributed by atoms with Gasteiger partial charge < -0.3 is 5.32 Å². The van der Waals surface area contributed by atoms with Gasteiger partial charge in [-0.3, -0.25) is 9.88 Å². The van der Waals surface area contributed by atoms with Gasteiger partial charge in [-0.25, -0.2) is 0 Å². The van der Waals surface area contributed by atoms with Gasteiger partial charge in [0.25, 0.3) is 0 Å². The topological polar surface area (TPSA) is 28.2 Å². The van der Waals surface area contributed by atoms with Crippen LogP contribution in [0.4, 0.5) is 0 Å². The Balaban J connectivity index is 2.50. The van der Waals surface area contributed by atoms with Gasteiger partial charge in [-0.1, -0.05) is 13.0 Å². The summed E-state index contributed by atoms with van der Waals surface area (Å²) in [5.41, 5.74) is 2.28. The highest BCUT2D eigenvalue weighted by molar-refractivity contribution is 5.09. The lowest BCUT2D eigenvalue weighted by Crippen LogP contribution is -2.33. The normalized spacial score (nSPS) is 12.9. The third kappa shape index (κ3) is 5.15.